The van der Waals surface area contributed by atoms with E-state index < -0.39 is 0 Å². The normalized spacial score (nSPS) is 55.9. The molecule has 5 aliphatic rings. The number of ketones is 1. The third kappa shape index (κ3) is 2.76. The fourth-order valence-electron chi connectivity index (χ4n) is 11.8. The molecule has 0 bridgehead atoms. The van der Waals surface area contributed by atoms with Gasteiger partial charge >= 0.3 is 0 Å². The van der Waals surface area contributed by atoms with Crippen molar-refractivity contribution in [2.24, 2.45) is 62.6 Å². The summed E-state index contributed by atoms with van der Waals surface area (Å²) in [6.45, 7) is 20.5. The predicted octanol–water partition coefficient (Wildman–Crippen LogP) is 8.31. The van der Waals surface area contributed by atoms with Crippen LogP contribution in [-0.2, 0) is 4.79 Å². The molecule has 0 aliphatic heterocycles. The molecule has 9 atom stereocenters. The highest BCUT2D eigenvalue weighted by molar-refractivity contribution is 5.81. The van der Waals surface area contributed by atoms with E-state index in [4.69, 9.17) is 0 Å². The summed E-state index contributed by atoms with van der Waals surface area (Å²) in [5.74, 6) is 5.58. The molecule has 5 rings (SSSR count). The molecule has 5 fully saturated rings. The van der Waals surface area contributed by atoms with Gasteiger partial charge in [0.1, 0.15) is 5.78 Å². The second-order valence-corrected chi connectivity index (χ2v) is 15.2. The van der Waals surface area contributed by atoms with E-state index in [1.54, 1.807) is 0 Å². The Hall–Kier alpha value is -0.330. The fraction of sp³-hybridized carbons (Fsp3) is 0.967. The molecule has 0 unspecified atom stereocenters. The Bertz CT molecular complexity index is 764. The second-order valence-electron chi connectivity index (χ2n) is 15.2. The van der Waals surface area contributed by atoms with Gasteiger partial charge in [0, 0.05) is 12.8 Å². The summed E-state index contributed by atoms with van der Waals surface area (Å²) in [6, 6.07) is 0. The summed E-state index contributed by atoms with van der Waals surface area (Å²) in [5, 5.41) is 0. The summed E-state index contributed by atoms with van der Waals surface area (Å²) >= 11 is 0. The Morgan fingerprint density at radius 3 is 2.13 bits per heavy atom. The Morgan fingerprint density at radius 2 is 1.45 bits per heavy atom. The van der Waals surface area contributed by atoms with Gasteiger partial charge in [-0.2, -0.15) is 0 Å². The molecule has 1 heteroatoms. The quantitative estimate of drug-likeness (QED) is 0.412. The zero-order chi connectivity index (χ0) is 22.6. The molecular weight excluding hydrogens is 376 g/mol. The molecular formula is C30H50O. The molecule has 1 nitrogen and oxygen atoms in total. The molecule has 5 aliphatic carbocycles. The molecule has 176 valence electrons. The standard InChI is InChI=1S/C30H50O/c1-19(2)21-11-13-27(5)15-16-29(7)22(25(21)27)9-10-24-28(6)18-20(31)17-26(3,4)23(28)12-14-30(24,29)8/h19,21-25H,9-18H2,1-8H3/t21-,22+,23-,24+,25+,27+,28-,29+,30-/m0/s1. The van der Waals surface area contributed by atoms with Crippen LogP contribution in [0.5, 0.6) is 0 Å². The molecule has 0 N–H and O–H groups in total. The Kier molecular flexibility index (Phi) is 4.80. The van der Waals surface area contributed by atoms with Crippen LogP contribution in [0.15, 0.2) is 0 Å². The van der Waals surface area contributed by atoms with Gasteiger partial charge in [-0.3, -0.25) is 4.79 Å². The highest BCUT2D eigenvalue weighted by atomic mass is 16.1. The van der Waals surface area contributed by atoms with E-state index in [0.29, 0.717) is 22.0 Å². The summed E-state index contributed by atoms with van der Waals surface area (Å²) < 4.78 is 0. The molecule has 5 saturated carbocycles. The number of fused-ring (bicyclic) bond motifs is 7. The minimum atomic E-state index is 0.183. The lowest BCUT2D eigenvalue weighted by Crippen LogP contribution is -2.66. The van der Waals surface area contributed by atoms with Crippen LogP contribution in [0.3, 0.4) is 0 Å². The Balaban J connectivity index is 1.55. The number of Topliss-reactive ketones (excluding diaryl/α,β-unsaturated/α-hetero) is 1. The molecule has 0 heterocycles. The maximum Gasteiger partial charge on any atom is 0.134 e. The van der Waals surface area contributed by atoms with Crippen molar-refractivity contribution in [2.45, 2.75) is 120 Å². The Morgan fingerprint density at radius 1 is 0.742 bits per heavy atom. The number of carbonyl (C=O) groups is 1. The van der Waals surface area contributed by atoms with E-state index in [0.717, 1.165) is 48.3 Å². The van der Waals surface area contributed by atoms with Crippen molar-refractivity contribution in [3.05, 3.63) is 0 Å². The third-order valence-corrected chi connectivity index (χ3v) is 13.2. The second kappa shape index (κ2) is 6.63. The topological polar surface area (TPSA) is 17.1 Å². The zero-order valence-electron chi connectivity index (χ0n) is 21.9. The van der Waals surface area contributed by atoms with Crippen LogP contribution in [0.25, 0.3) is 0 Å². The van der Waals surface area contributed by atoms with Gasteiger partial charge in [0.15, 0.2) is 0 Å². The van der Waals surface area contributed by atoms with Gasteiger partial charge in [0.25, 0.3) is 0 Å². The van der Waals surface area contributed by atoms with Crippen molar-refractivity contribution in [3.8, 4) is 0 Å². The minimum absolute atomic E-state index is 0.183. The van der Waals surface area contributed by atoms with Crippen molar-refractivity contribution in [1.82, 2.24) is 0 Å². The van der Waals surface area contributed by atoms with Crippen molar-refractivity contribution >= 4 is 5.78 Å². The molecule has 0 aromatic heterocycles. The average Bonchev–Trinajstić information content (AvgIpc) is 2.99. The monoisotopic (exact) mass is 426 g/mol. The van der Waals surface area contributed by atoms with Gasteiger partial charge in [0.05, 0.1) is 0 Å². The van der Waals surface area contributed by atoms with Crippen LogP contribution >= 0.6 is 0 Å². The molecule has 31 heavy (non-hydrogen) atoms. The summed E-state index contributed by atoms with van der Waals surface area (Å²) in [6.07, 6.45) is 13.0. The van der Waals surface area contributed by atoms with E-state index in [1.807, 2.05) is 0 Å². The first kappa shape index (κ1) is 22.5. The van der Waals surface area contributed by atoms with Crippen LogP contribution in [0.4, 0.5) is 0 Å². The van der Waals surface area contributed by atoms with Gasteiger partial charge < -0.3 is 0 Å². The van der Waals surface area contributed by atoms with Crippen LogP contribution < -0.4 is 0 Å². The lowest BCUT2D eigenvalue weighted by Gasteiger charge is -2.72. The molecule has 0 spiro atoms. The van der Waals surface area contributed by atoms with Crippen LogP contribution in [0.2, 0.25) is 0 Å². The Labute approximate surface area is 192 Å². The number of hydrogen-bond donors (Lipinski definition) is 0. The average molecular weight is 427 g/mol. The van der Waals surface area contributed by atoms with E-state index >= 15 is 0 Å². The van der Waals surface area contributed by atoms with Gasteiger partial charge in [-0.25, -0.2) is 0 Å². The van der Waals surface area contributed by atoms with Crippen LogP contribution in [0, 0.1) is 62.6 Å². The van der Waals surface area contributed by atoms with E-state index in [-0.39, 0.29) is 10.8 Å². The highest BCUT2D eigenvalue weighted by Gasteiger charge is 2.70. The number of carbonyl (C=O) groups excluding carboxylic acids is 1. The van der Waals surface area contributed by atoms with E-state index in [2.05, 4.69) is 55.4 Å². The number of hydrogen-bond acceptors (Lipinski definition) is 1. The van der Waals surface area contributed by atoms with Gasteiger partial charge in [-0.1, -0.05) is 55.4 Å². The maximum absolute atomic E-state index is 13.0. The molecule has 0 aromatic carbocycles. The fourth-order valence-corrected chi connectivity index (χ4v) is 11.8. The van der Waals surface area contributed by atoms with Crippen molar-refractivity contribution < 1.29 is 4.79 Å². The molecule has 0 aromatic rings. The van der Waals surface area contributed by atoms with Crippen molar-refractivity contribution in [1.29, 1.82) is 0 Å². The summed E-state index contributed by atoms with van der Waals surface area (Å²) in [5.41, 5.74) is 1.85. The smallest absolute Gasteiger partial charge is 0.134 e. The SMILES string of the molecule is CC(C)[C@@H]1CC[C@]2(C)CC[C@]3(C)[C@H](CC[C@@H]4[C@@]5(C)CC(=O)CC(C)(C)[C@@H]5CC[C@@]43C)[C@@H]12. The van der Waals surface area contributed by atoms with Gasteiger partial charge in [-0.15, -0.1) is 0 Å². The molecule has 0 radical (unpaired) electrons. The summed E-state index contributed by atoms with van der Waals surface area (Å²) in [4.78, 5) is 13.0. The first-order valence-electron chi connectivity index (χ1n) is 13.8. The summed E-state index contributed by atoms with van der Waals surface area (Å²) in [7, 11) is 0. The predicted molar refractivity (Wildman–Crippen MR) is 130 cm³/mol. The highest BCUT2D eigenvalue weighted by Crippen LogP contribution is 2.77. The number of rotatable bonds is 1. The first-order valence-corrected chi connectivity index (χ1v) is 13.8. The van der Waals surface area contributed by atoms with E-state index in [1.165, 1.54) is 51.4 Å². The zero-order valence-corrected chi connectivity index (χ0v) is 21.9. The van der Waals surface area contributed by atoms with Crippen molar-refractivity contribution in [2.75, 3.05) is 0 Å². The minimum Gasteiger partial charge on any atom is -0.300 e. The third-order valence-electron chi connectivity index (χ3n) is 13.2. The lowest BCUT2D eigenvalue weighted by molar-refractivity contribution is -0.234. The van der Waals surface area contributed by atoms with E-state index in [9.17, 15) is 4.79 Å². The maximum atomic E-state index is 13.0. The van der Waals surface area contributed by atoms with Crippen LogP contribution in [0.1, 0.15) is 120 Å². The van der Waals surface area contributed by atoms with Crippen LogP contribution in [-0.4, -0.2) is 5.78 Å². The van der Waals surface area contributed by atoms with Crippen molar-refractivity contribution in [3.63, 3.8) is 0 Å². The molecule has 0 saturated heterocycles. The molecule has 0 amide bonds. The van der Waals surface area contributed by atoms with Gasteiger partial charge in [0.2, 0.25) is 0 Å². The first-order chi connectivity index (χ1) is 14.3. The largest absolute Gasteiger partial charge is 0.300 e. The van der Waals surface area contributed by atoms with Gasteiger partial charge in [-0.05, 0) is 114 Å². The lowest BCUT2D eigenvalue weighted by atomic mass is 9.32.